The molecule has 0 bridgehead atoms. The van der Waals surface area contributed by atoms with Gasteiger partial charge in [-0.25, -0.2) is 9.05 Å². The molecular formula is C16H17NO5P+. The summed E-state index contributed by atoms with van der Waals surface area (Å²) >= 11 is 0. The highest BCUT2D eigenvalue weighted by Gasteiger charge is 2.25. The average Bonchev–Trinajstić information content (AvgIpc) is 2.47. The van der Waals surface area contributed by atoms with Gasteiger partial charge in [-0.3, -0.25) is 10.1 Å². The van der Waals surface area contributed by atoms with E-state index >= 15 is 0 Å². The van der Waals surface area contributed by atoms with Gasteiger partial charge >= 0.3 is 8.25 Å². The molecule has 2 rings (SSSR count). The topological polar surface area (TPSA) is 78.7 Å². The molecule has 0 heterocycles. The average molecular weight is 334 g/mol. The molecule has 2 aromatic rings. The summed E-state index contributed by atoms with van der Waals surface area (Å²) in [5, 5.41) is 10.6. The number of benzene rings is 2. The molecule has 1 atom stereocenters. The predicted molar refractivity (Wildman–Crippen MR) is 87.1 cm³/mol. The van der Waals surface area contributed by atoms with Crippen LogP contribution >= 0.6 is 8.25 Å². The van der Waals surface area contributed by atoms with Crippen molar-refractivity contribution < 1.29 is 18.5 Å². The van der Waals surface area contributed by atoms with Gasteiger partial charge in [-0.15, -0.1) is 0 Å². The van der Waals surface area contributed by atoms with Gasteiger partial charge in [0.05, 0.1) is 4.92 Å². The molecule has 6 nitrogen and oxygen atoms in total. The number of hydrogen-bond acceptors (Lipinski definition) is 5. The molecule has 0 radical (unpaired) electrons. The number of nitrogens with zero attached hydrogens (tertiary/aromatic N) is 1. The van der Waals surface area contributed by atoms with Crippen molar-refractivity contribution in [3.63, 3.8) is 0 Å². The second kappa shape index (κ2) is 6.75. The van der Waals surface area contributed by atoms with E-state index in [1.807, 2.05) is 12.1 Å². The Morgan fingerprint density at radius 2 is 1.35 bits per heavy atom. The van der Waals surface area contributed by atoms with E-state index in [2.05, 4.69) is 20.8 Å². The Labute approximate surface area is 135 Å². The summed E-state index contributed by atoms with van der Waals surface area (Å²) < 4.78 is 22.2. The first-order valence-corrected chi connectivity index (χ1v) is 8.03. The third kappa shape index (κ3) is 4.76. The lowest BCUT2D eigenvalue weighted by Gasteiger charge is -2.18. The number of nitro groups is 1. The van der Waals surface area contributed by atoms with Gasteiger partial charge in [-0.05, 0) is 35.2 Å². The normalized spacial score (nSPS) is 11.7. The quantitative estimate of drug-likeness (QED) is 0.436. The molecule has 7 heteroatoms. The van der Waals surface area contributed by atoms with Crippen molar-refractivity contribution in [3.8, 4) is 11.5 Å². The largest absolute Gasteiger partial charge is 0.805 e. The van der Waals surface area contributed by atoms with Crippen LogP contribution in [-0.2, 0) is 9.98 Å². The van der Waals surface area contributed by atoms with Crippen molar-refractivity contribution in [3.05, 3.63) is 64.2 Å². The third-order valence-electron chi connectivity index (χ3n) is 3.13. The minimum Gasteiger partial charge on any atom is -0.258 e. The minimum absolute atomic E-state index is 0.0238. The molecule has 0 N–H and O–H groups in total. The van der Waals surface area contributed by atoms with Crippen LogP contribution in [0, 0.1) is 10.1 Å². The summed E-state index contributed by atoms with van der Waals surface area (Å²) in [4.78, 5) is 10.0. The molecule has 0 spiro atoms. The van der Waals surface area contributed by atoms with E-state index in [0.29, 0.717) is 5.75 Å². The minimum atomic E-state index is -2.42. The fourth-order valence-corrected chi connectivity index (χ4v) is 2.46. The van der Waals surface area contributed by atoms with E-state index in [-0.39, 0.29) is 16.9 Å². The predicted octanol–water partition coefficient (Wildman–Crippen LogP) is 5.01. The SMILES string of the molecule is CC(C)(C)c1ccc(O[P+](=O)Oc2ccc([N+](=O)[O-])cc2)cc1. The fourth-order valence-electron chi connectivity index (χ4n) is 1.84. The van der Waals surface area contributed by atoms with E-state index in [1.165, 1.54) is 24.3 Å². The summed E-state index contributed by atoms with van der Waals surface area (Å²) in [6.45, 7) is 6.29. The Morgan fingerprint density at radius 3 is 1.74 bits per heavy atom. The van der Waals surface area contributed by atoms with Gasteiger partial charge in [-0.1, -0.05) is 32.9 Å². The molecule has 0 aliphatic rings. The molecule has 0 saturated heterocycles. The van der Waals surface area contributed by atoms with E-state index in [1.54, 1.807) is 12.1 Å². The lowest BCUT2D eigenvalue weighted by molar-refractivity contribution is -0.384. The summed E-state index contributed by atoms with van der Waals surface area (Å²) in [5.74, 6) is 0.670. The number of hydrogen-bond donors (Lipinski definition) is 0. The monoisotopic (exact) mass is 334 g/mol. The van der Waals surface area contributed by atoms with Gasteiger partial charge in [0.2, 0.25) is 0 Å². The molecule has 0 aliphatic carbocycles. The molecule has 120 valence electrons. The van der Waals surface area contributed by atoms with Crippen LogP contribution in [0.25, 0.3) is 0 Å². The molecule has 0 saturated carbocycles. The second-order valence-electron chi connectivity index (χ2n) is 5.93. The Hall–Kier alpha value is -2.46. The standard InChI is InChI=1S/C16H17NO5P/c1-16(2,3)12-4-8-14(9-5-12)21-23(20)22-15-10-6-13(7-11-15)17(18)19/h4-11H,1-3H3/q+1. The molecule has 1 unspecified atom stereocenters. The van der Waals surface area contributed by atoms with Gasteiger partial charge in [0.25, 0.3) is 5.69 Å². The van der Waals surface area contributed by atoms with E-state index in [9.17, 15) is 14.7 Å². The van der Waals surface area contributed by atoms with E-state index in [0.717, 1.165) is 5.56 Å². The zero-order valence-electron chi connectivity index (χ0n) is 13.1. The van der Waals surface area contributed by atoms with Crippen LogP contribution < -0.4 is 9.05 Å². The first-order chi connectivity index (χ1) is 10.8. The Balaban J connectivity index is 1.98. The number of nitro benzene ring substituents is 1. The van der Waals surface area contributed by atoms with Crippen LogP contribution in [0.5, 0.6) is 11.5 Å². The van der Waals surface area contributed by atoms with Crippen LogP contribution in [0.4, 0.5) is 5.69 Å². The van der Waals surface area contributed by atoms with Crippen LogP contribution in [0.1, 0.15) is 26.3 Å². The van der Waals surface area contributed by atoms with Crippen LogP contribution in [0.2, 0.25) is 0 Å². The highest BCUT2D eigenvalue weighted by atomic mass is 31.1. The highest BCUT2D eigenvalue weighted by molar-refractivity contribution is 7.34. The zero-order chi connectivity index (χ0) is 17.0. The van der Waals surface area contributed by atoms with Crippen LogP contribution in [0.3, 0.4) is 0 Å². The second-order valence-corrected chi connectivity index (χ2v) is 6.74. The third-order valence-corrected chi connectivity index (χ3v) is 3.85. The summed E-state index contributed by atoms with van der Waals surface area (Å²) in [5.41, 5.74) is 1.10. The van der Waals surface area contributed by atoms with E-state index < -0.39 is 13.2 Å². The summed E-state index contributed by atoms with van der Waals surface area (Å²) in [7, 11) is -2.42. The molecule has 23 heavy (non-hydrogen) atoms. The molecular weight excluding hydrogens is 317 g/mol. The Bertz CT molecular complexity index is 705. The van der Waals surface area contributed by atoms with Crippen molar-refractivity contribution in [2.45, 2.75) is 26.2 Å². The maximum Gasteiger partial charge on any atom is 0.805 e. The maximum absolute atomic E-state index is 11.9. The lowest BCUT2D eigenvalue weighted by atomic mass is 9.87. The summed E-state index contributed by atoms with van der Waals surface area (Å²) in [6.07, 6.45) is 0. The van der Waals surface area contributed by atoms with E-state index in [4.69, 9.17) is 9.05 Å². The maximum atomic E-state index is 11.9. The summed E-state index contributed by atoms with van der Waals surface area (Å²) in [6, 6.07) is 12.6. The van der Waals surface area contributed by atoms with Crippen molar-refractivity contribution in [1.29, 1.82) is 0 Å². The van der Waals surface area contributed by atoms with Crippen molar-refractivity contribution in [1.82, 2.24) is 0 Å². The number of non-ortho nitro benzene ring substituents is 1. The highest BCUT2D eigenvalue weighted by Crippen LogP contribution is 2.32. The molecule has 0 fully saturated rings. The molecule has 0 aliphatic heterocycles. The first-order valence-electron chi connectivity index (χ1n) is 6.94. The van der Waals surface area contributed by atoms with Gasteiger partial charge in [0.1, 0.15) is 0 Å². The number of rotatable bonds is 5. The Kier molecular flexibility index (Phi) is 4.96. The van der Waals surface area contributed by atoms with Crippen LogP contribution in [-0.4, -0.2) is 4.92 Å². The lowest BCUT2D eigenvalue weighted by Crippen LogP contribution is -2.10. The van der Waals surface area contributed by atoms with Gasteiger partial charge in [-0.2, -0.15) is 0 Å². The van der Waals surface area contributed by atoms with Crippen LogP contribution in [0.15, 0.2) is 48.5 Å². The van der Waals surface area contributed by atoms with Crippen molar-refractivity contribution in [2.24, 2.45) is 0 Å². The van der Waals surface area contributed by atoms with Crippen molar-refractivity contribution >= 4 is 13.9 Å². The molecule has 0 aromatic heterocycles. The van der Waals surface area contributed by atoms with Gasteiger partial charge in [0.15, 0.2) is 11.5 Å². The Morgan fingerprint density at radius 1 is 0.913 bits per heavy atom. The first kappa shape index (κ1) is 16.9. The molecule has 0 amide bonds. The fraction of sp³-hybridized carbons (Fsp3) is 0.250. The van der Waals surface area contributed by atoms with Gasteiger partial charge < -0.3 is 0 Å². The zero-order valence-corrected chi connectivity index (χ0v) is 13.9. The smallest absolute Gasteiger partial charge is 0.258 e. The molecule has 2 aromatic carbocycles. The van der Waals surface area contributed by atoms with Crippen molar-refractivity contribution in [2.75, 3.05) is 0 Å². The van der Waals surface area contributed by atoms with Gasteiger partial charge in [0, 0.05) is 16.7 Å².